The molecule has 1 atom stereocenters. The Labute approximate surface area is 152 Å². The second kappa shape index (κ2) is 8.85. The van der Waals surface area contributed by atoms with E-state index in [4.69, 9.17) is 14.5 Å². The molecule has 0 fully saturated rings. The monoisotopic (exact) mass is 352 g/mol. The molecule has 134 valence electrons. The molecular weight excluding hydrogens is 332 g/mol. The number of ether oxygens (including phenoxy) is 1. The SMILES string of the molecule is O=C(OOc1ccccc1)C1=CCC(C(=O)OCc2ccccc2)CC1. The van der Waals surface area contributed by atoms with E-state index in [0.29, 0.717) is 30.6 Å². The van der Waals surface area contributed by atoms with E-state index in [1.54, 1.807) is 30.3 Å². The van der Waals surface area contributed by atoms with Crippen LogP contribution in [-0.2, 0) is 25.8 Å². The molecule has 0 amide bonds. The van der Waals surface area contributed by atoms with Crippen molar-refractivity contribution in [2.75, 3.05) is 0 Å². The van der Waals surface area contributed by atoms with Gasteiger partial charge in [0, 0.05) is 5.57 Å². The molecule has 26 heavy (non-hydrogen) atoms. The van der Waals surface area contributed by atoms with Crippen molar-refractivity contribution < 1.29 is 24.1 Å². The van der Waals surface area contributed by atoms with Gasteiger partial charge in [-0.1, -0.05) is 54.6 Å². The summed E-state index contributed by atoms with van der Waals surface area (Å²) in [6.07, 6.45) is 3.21. The highest BCUT2D eigenvalue weighted by Crippen LogP contribution is 2.26. The smallest absolute Gasteiger partial charge is 0.381 e. The van der Waals surface area contributed by atoms with Gasteiger partial charge in [0.05, 0.1) is 5.92 Å². The molecule has 1 aliphatic rings. The lowest BCUT2D eigenvalue weighted by molar-refractivity contribution is -0.209. The Kier molecular flexibility index (Phi) is 6.04. The molecule has 2 aromatic carbocycles. The minimum absolute atomic E-state index is 0.231. The fourth-order valence-corrected chi connectivity index (χ4v) is 2.70. The minimum Gasteiger partial charge on any atom is -0.461 e. The topological polar surface area (TPSA) is 61.8 Å². The molecule has 0 heterocycles. The first kappa shape index (κ1) is 17.7. The number of hydrogen-bond acceptors (Lipinski definition) is 5. The molecule has 2 aromatic rings. The third-order valence-corrected chi connectivity index (χ3v) is 4.19. The molecule has 0 saturated heterocycles. The molecule has 0 saturated carbocycles. The van der Waals surface area contributed by atoms with E-state index in [1.807, 2.05) is 36.4 Å². The number of carbonyl (C=O) groups excluding carboxylic acids is 2. The normalized spacial score (nSPS) is 16.3. The van der Waals surface area contributed by atoms with Crippen LogP contribution in [0.3, 0.4) is 0 Å². The lowest BCUT2D eigenvalue weighted by atomic mass is 9.90. The molecule has 5 heteroatoms. The van der Waals surface area contributed by atoms with Crippen LogP contribution in [-0.4, -0.2) is 11.9 Å². The number of benzene rings is 2. The van der Waals surface area contributed by atoms with E-state index in [-0.39, 0.29) is 18.5 Å². The summed E-state index contributed by atoms with van der Waals surface area (Å²) in [7, 11) is 0. The van der Waals surface area contributed by atoms with Crippen LogP contribution < -0.4 is 4.89 Å². The van der Waals surface area contributed by atoms with E-state index < -0.39 is 5.97 Å². The van der Waals surface area contributed by atoms with Crippen LogP contribution in [0.2, 0.25) is 0 Å². The molecule has 3 rings (SSSR count). The van der Waals surface area contributed by atoms with Crippen LogP contribution in [0.1, 0.15) is 24.8 Å². The van der Waals surface area contributed by atoms with Gasteiger partial charge in [-0.15, -0.1) is 0 Å². The fourth-order valence-electron chi connectivity index (χ4n) is 2.70. The highest BCUT2D eigenvalue weighted by molar-refractivity contribution is 5.88. The molecule has 1 aliphatic carbocycles. The number of rotatable bonds is 6. The summed E-state index contributed by atoms with van der Waals surface area (Å²) < 4.78 is 5.36. The molecular formula is C21H20O5. The van der Waals surface area contributed by atoms with Crippen molar-refractivity contribution in [3.63, 3.8) is 0 Å². The predicted molar refractivity (Wildman–Crippen MR) is 94.8 cm³/mol. The van der Waals surface area contributed by atoms with Crippen molar-refractivity contribution in [2.24, 2.45) is 5.92 Å². The van der Waals surface area contributed by atoms with Crippen molar-refractivity contribution in [2.45, 2.75) is 25.9 Å². The molecule has 0 N–H and O–H groups in total. The van der Waals surface area contributed by atoms with Gasteiger partial charge >= 0.3 is 11.9 Å². The van der Waals surface area contributed by atoms with E-state index in [0.717, 1.165) is 5.56 Å². The zero-order chi connectivity index (χ0) is 18.2. The summed E-state index contributed by atoms with van der Waals surface area (Å²) in [6, 6.07) is 18.4. The summed E-state index contributed by atoms with van der Waals surface area (Å²) in [5.74, 6) is -0.534. The first-order valence-corrected chi connectivity index (χ1v) is 8.56. The van der Waals surface area contributed by atoms with Crippen molar-refractivity contribution in [1.82, 2.24) is 0 Å². The summed E-state index contributed by atoms with van der Waals surface area (Å²) in [6.45, 7) is 0.264. The molecule has 5 nitrogen and oxygen atoms in total. The lowest BCUT2D eigenvalue weighted by Gasteiger charge is -2.19. The van der Waals surface area contributed by atoms with Crippen molar-refractivity contribution in [3.05, 3.63) is 77.9 Å². The maximum Gasteiger partial charge on any atom is 0.381 e. The molecule has 0 radical (unpaired) electrons. The minimum atomic E-state index is -0.523. The predicted octanol–water partition coefficient (Wildman–Crippen LogP) is 3.99. The van der Waals surface area contributed by atoms with E-state index in [1.165, 1.54) is 0 Å². The Morgan fingerprint density at radius 2 is 1.65 bits per heavy atom. The van der Waals surface area contributed by atoms with Crippen LogP contribution in [0, 0.1) is 5.92 Å². The van der Waals surface area contributed by atoms with Gasteiger partial charge in [0.25, 0.3) is 0 Å². The van der Waals surface area contributed by atoms with Crippen LogP contribution in [0.4, 0.5) is 0 Å². The lowest BCUT2D eigenvalue weighted by Crippen LogP contribution is -2.22. The van der Waals surface area contributed by atoms with Gasteiger partial charge in [-0.05, 0) is 37.0 Å². The molecule has 0 aliphatic heterocycles. The number of carbonyl (C=O) groups is 2. The van der Waals surface area contributed by atoms with Gasteiger partial charge in [-0.25, -0.2) is 9.68 Å². The van der Waals surface area contributed by atoms with Crippen molar-refractivity contribution >= 4 is 11.9 Å². The Balaban J connectivity index is 1.45. The quantitative estimate of drug-likeness (QED) is 0.447. The zero-order valence-corrected chi connectivity index (χ0v) is 14.3. The van der Waals surface area contributed by atoms with Crippen LogP contribution >= 0.6 is 0 Å². The summed E-state index contributed by atoms with van der Waals surface area (Å²) >= 11 is 0. The maximum absolute atomic E-state index is 12.2. The molecule has 0 bridgehead atoms. The Bertz CT molecular complexity index is 768. The highest BCUT2D eigenvalue weighted by Gasteiger charge is 2.26. The zero-order valence-electron chi connectivity index (χ0n) is 14.3. The summed E-state index contributed by atoms with van der Waals surface area (Å²) in [4.78, 5) is 34.0. The first-order valence-electron chi connectivity index (χ1n) is 8.56. The average Bonchev–Trinajstić information content (AvgIpc) is 2.72. The highest BCUT2D eigenvalue weighted by atomic mass is 17.2. The second-order valence-electron chi connectivity index (χ2n) is 6.06. The Hall–Kier alpha value is -3.08. The standard InChI is InChI=1S/C21H20O5/c22-20(24-15-16-7-3-1-4-8-16)17-11-13-18(14-12-17)21(23)26-25-19-9-5-2-6-10-19/h1-10,13,17H,11-12,14-15H2. The number of hydrogen-bond donors (Lipinski definition) is 0. The Morgan fingerprint density at radius 1 is 0.962 bits per heavy atom. The van der Waals surface area contributed by atoms with Gasteiger partial charge in [-0.3, -0.25) is 9.68 Å². The van der Waals surface area contributed by atoms with Crippen molar-refractivity contribution in [3.8, 4) is 5.75 Å². The van der Waals surface area contributed by atoms with Crippen LogP contribution in [0.15, 0.2) is 72.3 Å². The van der Waals surface area contributed by atoms with E-state index in [9.17, 15) is 9.59 Å². The van der Waals surface area contributed by atoms with Crippen LogP contribution in [0.5, 0.6) is 5.75 Å². The van der Waals surface area contributed by atoms with Crippen LogP contribution in [0.25, 0.3) is 0 Å². The van der Waals surface area contributed by atoms with E-state index in [2.05, 4.69) is 0 Å². The van der Waals surface area contributed by atoms with Gasteiger partial charge < -0.3 is 4.74 Å². The van der Waals surface area contributed by atoms with Gasteiger partial charge in [0.2, 0.25) is 0 Å². The average molecular weight is 352 g/mol. The summed E-state index contributed by atoms with van der Waals surface area (Å²) in [5.41, 5.74) is 1.47. The third kappa shape index (κ3) is 4.96. The number of allylic oxidation sites excluding steroid dienone is 1. The van der Waals surface area contributed by atoms with Crippen molar-refractivity contribution in [1.29, 1.82) is 0 Å². The largest absolute Gasteiger partial charge is 0.461 e. The summed E-state index contributed by atoms with van der Waals surface area (Å²) in [5, 5.41) is 0. The van der Waals surface area contributed by atoms with Gasteiger partial charge in [0.1, 0.15) is 6.61 Å². The molecule has 0 aromatic heterocycles. The molecule has 0 spiro atoms. The maximum atomic E-state index is 12.2. The number of para-hydroxylation sites is 1. The molecule has 1 unspecified atom stereocenters. The second-order valence-corrected chi connectivity index (χ2v) is 6.06. The third-order valence-electron chi connectivity index (χ3n) is 4.19. The van der Waals surface area contributed by atoms with Gasteiger partial charge in [0.15, 0.2) is 5.75 Å². The Morgan fingerprint density at radius 3 is 2.31 bits per heavy atom. The number of esters is 1. The fraction of sp³-hybridized carbons (Fsp3) is 0.238. The first-order chi connectivity index (χ1) is 12.7. The van der Waals surface area contributed by atoms with E-state index >= 15 is 0 Å². The van der Waals surface area contributed by atoms with Gasteiger partial charge in [-0.2, -0.15) is 0 Å².